The van der Waals surface area contributed by atoms with Crippen LogP contribution in [0.25, 0.3) is 0 Å². The van der Waals surface area contributed by atoms with Crippen LogP contribution >= 0.6 is 0 Å². The summed E-state index contributed by atoms with van der Waals surface area (Å²) in [6.07, 6.45) is 2.85. The summed E-state index contributed by atoms with van der Waals surface area (Å²) in [5.41, 5.74) is 1.47. The van der Waals surface area contributed by atoms with Crippen LogP contribution in [-0.4, -0.2) is 23.5 Å². The average molecular weight is 319 g/mol. The molecule has 1 aromatic carbocycles. The topological polar surface area (TPSA) is 59.4 Å². The summed E-state index contributed by atoms with van der Waals surface area (Å²) >= 11 is 0. The Balaban J connectivity index is 0.00000127. The molecule has 0 aliphatic heterocycles. The second-order valence-corrected chi connectivity index (χ2v) is 5.54. The van der Waals surface area contributed by atoms with Crippen LogP contribution in [0.5, 0.6) is 11.6 Å². The van der Waals surface area contributed by atoms with Gasteiger partial charge >= 0.3 is 0 Å². The van der Waals surface area contributed by atoms with Crippen LogP contribution in [0, 0.1) is 5.82 Å². The molecule has 4 nitrogen and oxygen atoms in total. The molecule has 1 heterocycles. The Labute approximate surface area is 136 Å². The molecule has 0 spiro atoms. The predicted molar refractivity (Wildman–Crippen MR) is 87.6 cm³/mol. The van der Waals surface area contributed by atoms with E-state index in [2.05, 4.69) is 25.8 Å². The molecule has 2 aromatic rings. The van der Waals surface area contributed by atoms with Crippen molar-refractivity contribution in [2.45, 2.75) is 32.6 Å². The summed E-state index contributed by atoms with van der Waals surface area (Å²) in [6.45, 7) is 6.47. The van der Waals surface area contributed by atoms with E-state index >= 15 is 0 Å². The SMILES string of the molecule is CCC(C)(C)c1ccc(Oc2ncc(C=O)cc2F)cc1.CO. The maximum absolute atomic E-state index is 13.7. The fourth-order valence-electron chi connectivity index (χ4n) is 1.87. The quantitative estimate of drug-likeness (QED) is 0.842. The number of benzene rings is 1. The Bertz CT molecular complexity index is 639. The Morgan fingerprint density at radius 3 is 2.35 bits per heavy atom. The van der Waals surface area contributed by atoms with E-state index in [9.17, 15) is 9.18 Å². The number of nitrogens with zero attached hydrogens (tertiary/aromatic N) is 1. The van der Waals surface area contributed by atoms with Crippen molar-refractivity contribution in [3.8, 4) is 11.6 Å². The molecule has 0 saturated heterocycles. The number of rotatable bonds is 5. The number of aldehydes is 1. The lowest BCUT2D eigenvalue weighted by Gasteiger charge is -2.23. The predicted octanol–water partition coefficient (Wildman–Crippen LogP) is 4.12. The minimum absolute atomic E-state index is 0.0909. The van der Waals surface area contributed by atoms with Gasteiger partial charge in [-0.3, -0.25) is 4.79 Å². The van der Waals surface area contributed by atoms with Crippen molar-refractivity contribution in [1.82, 2.24) is 4.98 Å². The molecule has 0 bridgehead atoms. The van der Waals surface area contributed by atoms with Gasteiger partial charge in [0.05, 0.1) is 0 Å². The minimum Gasteiger partial charge on any atom is -0.436 e. The number of pyridine rings is 1. The van der Waals surface area contributed by atoms with Crippen molar-refractivity contribution in [1.29, 1.82) is 0 Å². The first-order valence-electron chi connectivity index (χ1n) is 7.30. The summed E-state index contributed by atoms with van der Waals surface area (Å²) in [6, 6.07) is 8.62. The molecule has 0 amide bonds. The maximum atomic E-state index is 13.7. The summed E-state index contributed by atoms with van der Waals surface area (Å²) < 4.78 is 19.1. The van der Waals surface area contributed by atoms with E-state index in [1.54, 1.807) is 12.1 Å². The number of hydrogen-bond acceptors (Lipinski definition) is 4. The fourth-order valence-corrected chi connectivity index (χ4v) is 1.87. The second-order valence-electron chi connectivity index (χ2n) is 5.54. The Kier molecular flexibility index (Phi) is 6.85. The minimum atomic E-state index is -0.655. The number of ether oxygens (including phenoxy) is 1. The zero-order chi connectivity index (χ0) is 17.5. The number of hydrogen-bond donors (Lipinski definition) is 1. The van der Waals surface area contributed by atoms with Gasteiger partial charge in [0.25, 0.3) is 5.88 Å². The third-order valence-corrected chi connectivity index (χ3v) is 3.70. The first-order chi connectivity index (χ1) is 11.0. The van der Waals surface area contributed by atoms with E-state index in [1.165, 1.54) is 11.8 Å². The normalized spacial score (nSPS) is 10.5. The molecule has 0 aliphatic rings. The largest absolute Gasteiger partial charge is 0.436 e. The lowest BCUT2D eigenvalue weighted by atomic mass is 9.82. The molecule has 2 rings (SSSR count). The van der Waals surface area contributed by atoms with Gasteiger partial charge in [0.2, 0.25) is 0 Å². The zero-order valence-electron chi connectivity index (χ0n) is 13.8. The number of carbonyl (C=O) groups excluding carboxylic acids is 1. The second kappa shape index (κ2) is 8.39. The lowest BCUT2D eigenvalue weighted by molar-refractivity contribution is 0.112. The molecule has 5 heteroatoms. The zero-order valence-corrected chi connectivity index (χ0v) is 13.8. The first-order valence-corrected chi connectivity index (χ1v) is 7.30. The third-order valence-electron chi connectivity index (χ3n) is 3.70. The van der Waals surface area contributed by atoms with Crippen LogP contribution in [0.2, 0.25) is 0 Å². The smallest absolute Gasteiger partial charge is 0.255 e. The van der Waals surface area contributed by atoms with Crippen LogP contribution < -0.4 is 4.74 Å². The van der Waals surface area contributed by atoms with Gasteiger partial charge in [-0.15, -0.1) is 0 Å². The van der Waals surface area contributed by atoms with Crippen molar-refractivity contribution in [3.05, 3.63) is 53.5 Å². The number of carbonyl (C=O) groups is 1. The molecule has 0 radical (unpaired) electrons. The van der Waals surface area contributed by atoms with E-state index in [0.29, 0.717) is 12.0 Å². The van der Waals surface area contributed by atoms with Gasteiger partial charge in [0.1, 0.15) is 5.75 Å². The summed E-state index contributed by atoms with van der Waals surface area (Å²) in [4.78, 5) is 14.3. The van der Waals surface area contributed by atoms with Crippen LogP contribution in [0.15, 0.2) is 36.5 Å². The average Bonchev–Trinajstić information content (AvgIpc) is 2.59. The Morgan fingerprint density at radius 1 is 1.26 bits per heavy atom. The molecule has 23 heavy (non-hydrogen) atoms. The van der Waals surface area contributed by atoms with Gasteiger partial charge in [-0.25, -0.2) is 9.37 Å². The Hall–Kier alpha value is -2.27. The van der Waals surface area contributed by atoms with Gasteiger partial charge in [-0.1, -0.05) is 32.9 Å². The molecule has 0 atom stereocenters. The highest BCUT2D eigenvalue weighted by Gasteiger charge is 2.17. The summed E-state index contributed by atoms with van der Waals surface area (Å²) in [5.74, 6) is -0.281. The molecule has 0 aliphatic carbocycles. The van der Waals surface area contributed by atoms with Crippen LogP contribution in [0.3, 0.4) is 0 Å². The molecule has 1 N–H and O–H groups in total. The molecular formula is C18H22FNO3. The van der Waals surface area contributed by atoms with E-state index in [-0.39, 0.29) is 16.9 Å². The number of aliphatic hydroxyl groups excluding tert-OH is 1. The van der Waals surface area contributed by atoms with Crippen molar-refractivity contribution < 1.29 is 19.0 Å². The van der Waals surface area contributed by atoms with Crippen LogP contribution in [0.4, 0.5) is 4.39 Å². The van der Waals surface area contributed by atoms with Gasteiger partial charge in [-0.2, -0.15) is 0 Å². The molecule has 0 fully saturated rings. The fraction of sp³-hybridized carbons (Fsp3) is 0.333. The number of aromatic nitrogens is 1. The Morgan fingerprint density at radius 2 is 1.87 bits per heavy atom. The van der Waals surface area contributed by atoms with Crippen LogP contribution in [-0.2, 0) is 5.41 Å². The highest BCUT2D eigenvalue weighted by molar-refractivity contribution is 5.74. The summed E-state index contributed by atoms with van der Waals surface area (Å²) in [7, 11) is 1.00. The van der Waals surface area contributed by atoms with E-state index in [4.69, 9.17) is 9.84 Å². The monoisotopic (exact) mass is 319 g/mol. The maximum Gasteiger partial charge on any atom is 0.255 e. The van der Waals surface area contributed by atoms with Gasteiger partial charge in [0, 0.05) is 18.9 Å². The first kappa shape index (κ1) is 18.8. The van der Waals surface area contributed by atoms with Crippen LogP contribution in [0.1, 0.15) is 43.1 Å². The van der Waals surface area contributed by atoms with E-state index in [1.807, 2.05) is 12.1 Å². The molecule has 0 saturated carbocycles. The molecule has 124 valence electrons. The molecule has 1 aromatic heterocycles. The molecule has 0 unspecified atom stereocenters. The van der Waals surface area contributed by atoms with E-state index < -0.39 is 5.82 Å². The standard InChI is InChI=1S/C17H18FNO2.CH4O/c1-4-17(2,3)13-5-7-14(8-6-13)21-16-15(18)9-12(11-20)10-19-16;1-2/h5-11H,4H2,1-3H3;2H,1H3. The van der Waals surface area contributed by atoms with Gasteiger partial charge in [0.15, 0.2) is 12.1 Å². The van der Waals surface area contributed by atoms with Gasteiger partial charge in [-0.05, 0) is 35.6 Å². The van der Waals surface area contributed by atoms with Crippen molar-refractivity contribution >= 4 is 6.29 Å². The lowest BCUT2D eigenvalue weighted by Crippen LogP contribution is -2.14. The highest BCUT2D eigenvalue weighted by Crippen LogP contribution is 2.29. The molecular weight excluding hydrogens is 297 g/mol. The van der Waals surface area contributed by atoms with Crippen molar-refractivity contribution in [2.75, 3.05) is 7.11 Å². The van der Waals surface area contributed by atoms with Crippen molar-refractivity contribution in [3.63, 3.8) is 0 Å². The highest BCUT2D eigenvalue weighted by atomic mass is 19.1. The third kappa shape index (κ3) is 4.86. The number of aliphatic hydroxyl groups is 1. The van der Waals surface area contributed by atoms with E-state index in [0.717, 1.165) is 19.6 Å². The van der Waals surface area contributed by atoms with Gasteiger partial charge < -0.3 is 9.84 Å². The summed E-state index contributed by atoms with van der Waals surface area (Å²) in [5, 5.41) is 7.00. The number of halogens is 1. The van der Waals surface area contributed by atoms with Crippen molar-refractivity contribution in [2.24, 2.45) is 0 Å².